The van der Waals surface area contributed by atoms with Gasteiger partial charge in [0.05, 0.1) is 5.60 Å². The van der Waals surface area contributed by atoms with Gasteiger partial charge in [-0.15, -0.1) is 6.58 Å². The Hall–Kier alpha value is -0.340. The van der Waals surface area contributed by atoms with Crippen LogP contribution in [0.1, 0.15) is 39.0 Å². The van der Waals surface area contributed by atoms with Gasteiger partial charge in [0.25, 0.3) is 0 Å². The summed E-state index contributed by atoms with van der Waals surface area (Å²) < 4.78 is 5.40. The first kappa shape index (κ1) is 11.7. The smallest absolute Gasteiger partial charge is 0.0951 e. The molecule has 0 heterocycles. The lowest BCUT2D eigenvalue weighted by molar-refractivity contribution is 0.0455. The Balaban J connectivity index is 2.26. The first-order chi connectivity index (χ1) is 6.70. The van der Waals surface area contributed by atoms with Gasteiger partial charge in [-0.1, -0.05) is 25.3 Å². The van der Waals surface area contributed by atoms with E-state index in [1.807, 2.05) is 6.08 Å². The molecule has 1 fully saturated rings. The monoisotopic (exact) mass is 197 g/mol. The highest BCUT2D eigenvalue weighted by molar-refractivity contribution is 4.96. The summed E-state index contributed by atoms with van der Waals surface area (Å²) in [5.74, 6) is 0. The molecule has 0 amide bonds. The molecule has 0 aliphatic heterocycles. The fraction of sp³-hybridized carbons (Fsp3) is 0.833. The molecule has 14 heavy (non-hydrogen) atoms. The van der Waals surface area contributed by atoms with Gasteiger partial charge in [-0.2, -0.15) is 0 Å². The van der Waals surface area contributed by atoms with Crippen LogP contribution in [0.25, 0.3) is 0 Å². The third kappa shape index (κ3) is 3.43. The van der Waals surface area contributed by atoms with Crippen molar-refractivity contribution in [3.8, 4) is 0 Å². The zero-order valence-corrected chi connectivity index (χ0v) is 9.51. The zero-order valence-electron chi connectivity index (χ0n) is 9.51. The lowest BCUT2D eigenvalue weighted by Crippen LogP contribution is -2.43. The Morgan fingerprint density at radius 1 is 1.43 bits per heavy atom. The van der Waals surface area contributed by atoms with Gasteiger partial charge in [-0.3, -0.25) is 0 Å². The van der Waals surface area contributed by atoms with Crippen molar-refractivity contribution in [2.45, 2.75) is 50.7 Å². The fourth-order valence-corrected chi connectivity index (χ4v) is 1.88. The van der Waals surface area contributed by atoms with Gasteiger partial charge in [0.1, 0.15) is 0 Å². The average molecular weight is 197 g/mol. The maximum absolute atomic E-state index is 5.40. The van der Waals surface area contributed by atoms with Crippen LogP contribution in [0.15, 0.2) is 12.7 Å². The minimum atomic E-state index is -0.211. The van der Waals surface area contributed by atoms with Crippen LogP contribution in [0.5, 0.6) is 0 Å². The molecule has 1 unspecified atom stereocenters. The van der Waals surface area contributed by atoms with Crippen LogP contribution in [-0.2, 0) is 4.74 Å². The molecule has 1 aliphatic carbocycles. The van der Waals surface area contributed by atoms with Crippen LogP contribution in [0.2, 0.25) is 0 Å². The topological polar surface area (TPSA) is 21.3 Å². The van der Waals surface area contributed by atoms with Crippen molar-refractivity contribution in [2.24, 2.45) is 0 Å². The second-order valence-electron chi connectivity index (χ2n) is 4.44. The minimum absolute atomic E-state index is 0.211. The molecule has 1 saturated carbocycles. The van der Waals surface area contributed by atoms with Crippen LogP contribution in [-0.4, -0.2) is 25.3 Å². The van der Waals surface area contributed by atoms with Gasteiger partial charge in [0.15, 0.2) is 0 Å². The summed E-state index contributed by atoms with van der Waals surface area (Å²) in [7, 11) is 1.74. The quantitative estimate of drug-likeness (QED) is 0.684. The summed E-state index contributed by atoms with van der Waals surface area (Å²) in [6, 6.07) is 0.693. The SMILES string of the molecule is C=CC(C)(CNC1CCCCC1)OC. The molecule has 82 valence electrons. The Morgan fingerprint density at radius 2 is 2.07 bits per heavy atom. The number of ether oxygens (including phenoxy) is 1. The van der Waals surface area contributed by atoms with Gasteiger partial charge >= 0.3 is 0 Å². The largest absolute Gasteiger partial charge is 0.373 e. The lowest BCUT2D eigenvalue weighted by atomic mass is 9.95. The molecule has 0 radical (unpaired) electrons. The number of hydrogen-bond donors (Lipinski definition) is 1. The van der Waals surface area contributed by atoms with E-state index < -0.39 is 0 Å². The third-order valence-electron chi connectivity index (χ3n) is 3.25. The van der Waals surface area contributed by atoms with Gasteiger partial charge in [-0.05, 0) is 19.8 Å². The van der Waals surface area contributed by atoms with E-state index in [9.17, 15) is 0 Å². The van der Waals surface area contributed by atoms with Crippen molar-refractivity contribution < 1.29 is 4.74 Å². The molecular weight excluding hydrogens is 174 g/mol. The van der Waals surface area contributed by atoms with E-state index >= 15 is 0 Å². The molecule has 0 aromatic carbocycles. The number of rotatable bonds is 5. The van der Waals surface area contributed by atoms with E-state index in [0.29, 0.717) is 6.04 Å². The first-order valence-corrected chi connectivity index (χ1v) is 5.62. The zero-order chi connectivity index (χ0) is 10.4. The summed E-state index contributed by atoms with van der Waals surface area (Å²) in [6.07, 6.45) is 8.66. The molecular formula is C12H23NO. The summed E-state index contributed by atoms with van der Waals surface area (Å²) in [4.78, 5) is 0. The predicted molar refractivity (Wildman–Crippen MR) is 60.5 cm³/mol. The van der Waals surface area contributed by atoms with Crippen LogP contribution in [0.4, 0.5) is 0 Å². The lowest BCUT2D eigenvalue weighted by Gasteiger charge is -2.29. The summed E-state index contributed by atoms with van der Waals surface area (Å²) in [5, 5.41) is 3.57. The van der Waals surface area contributed by atoms with E-state index in [1.165, 1.54) is 32.1 Å². The molecule has 0 saturated heterocycles. The number of hydrogen-bond acceptors (Lipinski definition) is 2. The molecule has 2 heteroatoms. The fourth-order valence-electron chi connectivity index (χ4n) is 1.88. The van der Waals surface area contributed by atoms with Gasteiger partial charge < -0.3 is 10.1 Å². The molecule has 0 aromatic rings. The maximum Gasteiger partial charge on any atom is 0.0951 e. The van der Waals surface area contributed by atoms with Crippen LogP contribution in [0.3, 0.4) is 0 Å². The van der Waals surface area contributed by atoms with Gasteiger partial charge in [-0.25, -0.2) is 0 Å². The van der Waals surface area contributed by atoms with E-state index in [0.717, 1.165) is 6.54 Å². The molecule has 2 nitrogen and oxygen atoms in total. The summed E-state index contributed by atoms with van der Waals surface area (Å²) >= 11 is 0. The first-order valence-electron chi connectivity index (χ1n) is 5.62. The second-order valence-corrected chi connectivity index (χ2v) is 4.44. The van der Waals surface area contributed by atoms with Crippen LogP contribution >= 0.6 is 0 Å². The maximum atomic E-state index is 5.40. The minimum Gasteiger partial charge on any atom is -0.373 e. The van der Waals surface area contributed by atoms with Crippen molar-refractivity contribution in [1.29, 1.82) is 0 Å². The third-order valence-corrected chi connectivity index (χ3v) is 3.25. The Morgan fingerprint density at radius 3 is 2.57 bits per heavy atom. The van der Waals surface area contributed by atoms with Crippen molar-refractivity contribution in [1.82, 2.24) is 5.32 Å². The van der Waals surface area contributed by atoms with Crippen LogP contribution in [0, 0.1) is 0 Å². The molecule has 0 bridgehead atoms. The second kappa shape index (κ2) is 5.52. The predicted octanol–water partition coefficient (Wildman–Crippen LogP) is 2.50. The Labute approximate surface area is 87.7 Å². The highest BCUT2D eigenvalue weighted by Gasteiger charge is 2.21. The van der Waals surface area contributed by atoms with Crippen molar-refractivity contribution in [3.63, 3.8) is 0 Å². The van der Waals surface area contributed by atoms with Crippen molar-refractivity contribution >= 4 is 0 Å². The van der Waals surface area contributed by atoms with E-state index in [-0.39, 0.29) is 5.60 Å². The molecule has 1 N–H and O–H groups in total. The molecule has 1 atom stereocenters. The van der Waals surface area contributed by atoms with Crippen LogP contribution < -0.4 is 5.32 Å². The van der Waals surface area contributed by atoms with Crippen molar-refractivity contribution in [2.75, 3.05) is 13.7 Å². The number of nitrogens with one attached hydrogen (secondary N) is 1. The highest BCUT2D eigenvalue weighted by atomic mass is 16.5. The number of methoxy groups -OCH3 is 1. The molecule has 0 spiro atoms. The van der Waals surface area contributed by atoms with Gasteiger partial charge in [0.2, 0.25) is 0 Å². The molecule has 0 aromatic heterocycles. The van der Waals surface area contributed by atoms with E-state index in [2.05, 4.69) is 18.8 Å². The van der Waals surface area contributed by atoms with Crippen molar-refractivity contribution in [3.05, 3.63) is 12.7 Å². The normalized spacial score (nSPS) is 23.0. The standard InChI is InChI=1S/C12H23NO/c1-4-12(2,14-3)10-13-11-8-6-5-7-9-11/h4,11,13H,1,5-10H2,2-3H3. The summed E-state index contributed by atoms with van der Waals surface area (Å²) in [5.41, 5.74) is -0.211. The Kier molecular flexibility index (Phi) is 4.63. The molecule has 1 aliphatic rings. The van der Waals surface area contributed by atoms with E-state index in [4.69, 9.17) is 4.74 Å². The highest BCUT2D eigenvalue weighted by Crippen LogP contribution is 2.18. The molecule has 1 rings (SSSR count). The average Bonchev–Trinajstić information content (AvgIpc) is 2.27. The van der Waals surface area contributed by atoms with Gasteiger partial charge in [0, 0.05) is 19.7 Å². The van der Waals surface area contributed by atoms with E-state index in [1.54, 1.807) is 7.11 Å². The summed E-state index contributed by atoms with van der Waals surface area (Å²) in [6.45, 7) is 6.74. The Bertz CT molecular complexity index is 175.